The normalized spacial score (nSPS) is 11.6. The molecular weight excluding hydrogens is 383 g/mol. The van der Waals surface area contributed by atoms with Crippen LogP contribution in [0.15, 0.2) is 130 Å². The fourth-order valence-electron chi connectivity index (χ4n) is 3.25. The van der Waals surface area contributed by atoms with E-state index < -0.39 is 21.1 Å². The fraction of sp³-hybridized carbons (Fsp3) is 0. The van der Waals surface area contributed by atoms with Crippen LogP contribution in [0.5, 0.6) is 5.75 Å². The maximum absolute atomic E-state index is 14.3. The zero-order valence-electron chi connectivity index (χ0n) is 15.6. The molecule has 4 aromatic carbocycles. The summed E-state index contributed by atoms with van der Waals surface area (Å²) in [5, 5.41) is -0.480. The molecule has 0 unspecified atom stereocenters. The van der Waals surface area contributed by atoms with Crippen LogP contribution in [0.25, 0.3) is 0 Å². The van der Waals surface area contributed by atoms with Crippen LogP contribution in [-0.4, -0.2) is 5.30 Å². The van der Waals surface area contributed by atoms with Gasteiger partial charge in [-0.1, -0.05) is 76.8 Å². The highest BCUT2D eigenvalue weighted by molar-refractivity contribution is 8.45. The molecule has 0 heterocycles. The van der Waals surface area contributed by atoms with E-state index in [0.717, 1.165) is 14.7 Å². The van der Waals surface area contributed by atoms with E-state index in [1.807, 2.05) is 91.0 Å². The predicted octanol–water partition coefficient (Wildman–Crippen LogP) is 7.31. The standard InChI is InChI=1S/C25H19FO2S/c26-23-18-10-11-19-24(23)28-25(27)29(20-12-4-1-5-13-20,21-14-6-2-7-15-21)22-16-8-3-9-17-22/h1-19H. The maximum atomic E-state index is 14.3. The highest BCUT2D eigenvalue weighted by Crippen LogP contribution is 2.69. The molecule has 29 heavy (non-hydrogen) atoms. The van der Waals surface area contributed by atoms with Gasteiger partial charge in [0.2, 0.25) is 0 Å². The number of hydrogen-bond acceptors (Lipinski definition) is 2. The number of para-hydroxylation sites is 1. The second-order valence-corrected chi connectivity index (χ2v) is 9.31. The monoisotopic (exact) mass is 402 g/mol. The van der Waals surface area contributed by atoms with Crippen molar-refractivity contribution in [2.75, 3.05) is 0 Å². The molecule has 0 amide bonds. The molecule has 0 aliphatic carbocycles. The first-order valence-corrected chi connectivity index (χ1v) is 10.8. The number of halogens is 1. The van der Waals surface area contributed by atoms with E-state index in [2.05, 4.69) is 0 Å². The Bertz CT molecular complexity index is 1000. The summed E-state index contributed by atoms with van der Waals surface area (Å²) in [6, 6.07) is 34.7. The molecule has 4 aromatic rings. The molecule has 4 rings (SSSR count). The Hall–Kier alpha value is -3.37. The number of hydrogen-bond donors (Lipinski definition) is 0. The summed E-state index contributed by atoms with van der Waals surface area (Å²) in [7, 11) is -2.45. The van der Waals surface area contributed by atoms with Crippen molar-refractivity contribution in [2.24, 2.45) is 0 Å². The average Bonchev–Trinajstić information content (AvgIpc) is 2.78. The average molecular weight is 402 g/mol. The summed E-state index contributed by atoms with van der Waals surface area (Å²) in [6.45, 7) is 0. The van der Waals surface area contributed by atoms with Gasteiger partial charge in [0, 0.05) is 14.7 Å². The van der Waals surface area contributed by atoms with Gasteiger partial charge in [-0.15, -0.1) is 0 Å². The molecule has 0 atom stereocenters. The third-order valence-corrected chi connectivity index (χ3v) is 8.09. The minimum absolute atomic E-state index is 0.0721. The van der Waals surface area contributed by atoms with Gasteiger partial charge in [0.05, 0.1) is 0 Å². The van der Waals surface area contributed by atoms with E-state index in [1.165, 1.54) is 12.1 Å². The molecule has 144 valence electrons. The van der Waals surface area contributed by atoms with Crippen LogP contribution in [-0.2, 0) is 0 Å². The molecule has 0 bridgehead atoms. The number of carbonyl (C=O) groups excluding carboxylic acids is 1. The van der Waals surface area contributed by atoms with Crippen molar-refractivity contribution in [3.63, 3.8) is 0 Å². The summed E-state index contributed by atoms with van der Waals surface area (Å²) >= 11 is 0. The minimum atomic E-state index is -2.45. The minimum Gasteiger partial charge on any atom is -0.416 e. The van der Waals surface area contributed by atoms with Crippen molar-refractivity contribution in [1.82, 2.24) is 0 Å². The Labute approximate surface area is 170 Å². The van der Waals surface area contributed by atoms with Crippen molar-refractivity contribution in [2.45, 2.75) is 14.7 Å². The largest absolute Gasteiger partial charge is 0.416 e. The maximum Gasteiger partial charge on any atom is 0.367 e. The zero-order valence-corrected chi connectivity index (χ0v) is 16.4. The lowest BCUT2D eigenvalue weighted by Crippen LogP contribution is -2.19. The molecule has 0 radical (unpaired) electrons. The van der Waals surface area contributed by atoms with Crippen molar-refractivity contribution in [1.29, 1.82) is 0 Å². The summed E-state index contributed by atoms with van der Waals surface area (Å²) in [5.41, 5.74) is 0. The lowest BCUT2D eigenvalue weighted by atomic mass is 10.3. The molecular formula is C25H19FO2S. The van der Waals surface area contributed by atoms with Crippen molar-refractivity contribution in [3.8, 4) is 5.75 Å². The molecule has 0 fully saturated rings. The third kappa shape index (κ3) is 3.55. The van der Waals surface area contributed by atoms with E-state index >= 15 is 0 Å². The quantitative estimate of drug-likeness (QED) is 0.335. The first kappa shape index (κ1) is 19.0. The smallest absolute Gasteiger partial charge is 0.367 e. The van der Waals surface area contributed by atoms with Crippen LogP contribution in [0.2, 0.25) is 0 Å². The molecule has 0 saturated carbocycles. The topological polar surface area (TPSA) is 26.3 Å². The molecule has 2 nitrogen and oxygen atoms in total. The van der Waals surface area contributed by atoms with Crippen LogP contribution >= 0.6 is 10.0 Å². The summed E-state index contributed by atoms with van der Waals surface area (Å²) in [5.74, 6) is -0.638. The van der Waals surface area contributed by atoms with Gasteiger partial charge < -0.3 is 4.74 Å². The lowest BCUT2D eigenvalue weighted by Gasteiger charge is -2.38. The lowest BCUT2D eigenvalue weighted by molar-refractivity contribution is 0.224. The fourth-order valence-corrected chi connectivity index (χ4v) is 6.56. The Morgan fingerprint density at radius 1 is 0.586 bits per heavy atom. The van der Waals surface area contributed by atoms with Gasteiger partial charge in [-0.25, -0.2) is 9.18 Å². The Morgan fingerprint density at radius 2 is 0.966 bits per heavy atom. The van der Waals surface area contributed by atoms with Gasteiger partial charge in [0.25, 0.3) is 0 Å². The van der Waals surface area contributed by atoms with Gasteiger partial charge in [-0.3, -0.25) is 0 Å². The van der Waals surface area contributed by atoms with Crippen molar-refractivity contribution >= 4 is 15.3 Å². The molecule has 0 aromatic heterocycles. The molecule has 0 aliphatic rings. The van der Waals surface area contributed by atoms with E-state index in [1.54, 1.807) is 12.1 Å². The SMILES string of the molecule is O=C(Oc1ccccc1F)S(c1ccccc1)(c1ccccc1)c1ccccc1. The van der Waals surface area contributed by atoms with E-state index in [9.17, 15) is 9.18 Å². The Morgan fingerprint density at radius 3 is 1.38 bits per heavy atom. The second kappa shape index (κ2) is 8.33. The molecule has 0 aliphatic heterocycles. The van der Waals surface area contributed by atoms with Gasteiger partial charge in [-0.2, -0.15) is 0 Å². The predicted molar refractivity (Wildman–Crippen MR) is 114 cm³/mol. The van der Waals surface area contributed by atoms with Crippen LogP contribution in [0, 0.1) is 5.82 Å². The van der Waals surface area contributed by atoms with Crippen LogP contribution in [0.3, 0.4) is 0 Å². The number of benzene rings is 4. The molecule has 4 heteroatoms. The van der Waals surface area contributed by atoms with Crippen LogP contribution < -0.4 is 4.74 Å². The molecule has 0 saturated heterocycles. The number of rotatable bonds is 4. The highest BCUT2D eigenvalue weighted by Gasteiger charge is 2.40. The van der Waals surface area contributed by atoms with Crippen LogP contribution in [0.1, 0.15) is 0 Å². The summed E-state index contributed by atoms with van der Waals surface area (Å²) in [4.78, 5) is 16.3. The number of ether oxygens (including phenoxy) is 1. The Balaban J connectivity index is 1.97. The van der Waals surface area contributed by atoms with Gasteiger partial charge in [0.15, 0.2) is 11.6 Å². The van der Waals surface area contributed by atoms with Crippen molar-refractivity contribution < 1.29 is 13.9 Å². The summed E-state index contributed by atoms with van der Waals surface area (Å²) < 4.78 is 20.0. The van der Waals surface area contributed by atoms with Crippen molar-refractivity contribution in [3.05, 3.63) is 121 Å². The van der Waals surface area contributed by atoms with Gasteiger partial charge >= 0.3 is 5.30 Å². The Kier molecular flexibility index (Phi) is 5.45. The van der Waals surface area contributed by atoms with E-state index in [0.29, 0.717) is 0 Å². The van der Waals surface area contributed by atoms with E-state index in [-0.39, 0.29) is 5.75 Å². The molecule has 0 N–H and O–H groups in total. The first-order valence-electron chi connectivity index (χ1n) is 9.18. The number of carbonyl (C=O) groups is 1. The summed E-state index contributed by atoms with van der Waals surface area (Å²) in [6.07, 6.45) is 0. The highest BCUT2D eigenvalue weighted by atomic mass is 32.3. The third-order valence-electron chi connectivity index (χ3n) is 4.57. The molecule has 0 spiro atoms. The zero-order chi connectivity index (χ0) is 20.1. The van der Waals surface area contributed by atoms with Gasteiger partial charge in [0.1, 0.15) is 0 Å². The van der Waals surface area contributed by atoms with E-state index in [4.69, 9.17) is 4.74 Å². The van der Waals surface area contributed by atoms with Gasteiger partial charge in [-0.05, 0) is 48.5 Å². The van der Waals surface area contributed by atoms with Crippen LogP contribution in [0.4, 0.5) is 9.18 Å². The second-order valence-electron chi connectivity index (χ2n) is 6.33. The first-order chi connectivity index (χ1) is 14.2.